The van der Waals surface area contributed by atoms with Gasteiger partial charge in [-0.15, -0.1) is 0 Å². The van der Waals surface area contributed by atoms with Crippen LogP contribution in [0.3, 0.4) is 0 Å². The summed E-state index contributed by atoms with van der Waals surface area (Å²) in [5.41, 5.74) is 1.59. The highest BCUT2D eigenvalue weighted by Crippen LogP contribution is 2.36. The number of anilines is 4. The third-order valence-corrected chi connectivity index (χ3v) is 5.92. The summed E-state index contributed by atoms with van der Waals surface area (Å²) in [6.07, 6.45) is 2.47. The fourth-order valence-corrected chi connectivity index (χ4v) is 4.25. The summed E-state index contributed by atoms with van der Waals surface area (Å²) in [4.78, 5) is 7.98. The Labute approximate surface area is 187 Å². The first-order valence-corrected chi connectivity index (χ1v) is 11.0. The van der Waals surface area contributed by atoms with E-state index < -0.39 is 11.7 Å². The molecule has 1 heterocycles. The molecule has 2 aromatic carbocycles. The Morgan fingerprint density at radius 2 is 1.65 bits per heavy atom. The van der Waals surface area contributed by atoms with E-state index in [1.165, 1.54) is 37.7 Å². The molecule has 1 aromatic heterocycles. The fraction of sp³-hybridized carbons (Fsp3) is 0.304. The molecule has 0 bridgehead atoms. The minimum Gasteiger partial charge on any atom is -0.340 e. The zero-order valence-corrected chi connectivity index (χ0v) is 18.3. The second-order valence-electron chi connectivity index (χ2n) is 7.67. The van der Waals surface area contributed by atoms with E-state index in [1.807, 2.05) is 12.1 Å². The van der Waals surface area contributed by atoms with E-state index in [-0.39, 0.29) is 11.8 Å². The van der Waals surface area contributed by atoms with Crippen LogP contribution in [0, 0.1) is 0 Å². The molecule has 4 rings (SSSR count). The summed E-state index contributed by atoms with van der Waals surface area (Å²) in [5.74, 6) is 0.379. The largest absolute Gasteiger partial charge is 0.421 e. The van der Waals surface area contributed by atoms with Crippen LogP contribution in [0.4, 0.5) is 36.3 Å². The molecule has 0 radical (unpaired) electrons. The van der Waals surface area contributed by atoms with Gasteiger partial charge in [-0.3, -0.25) is 0 Å². The van der Waals surface area contributed by atoms with Gasteiger partial charge in [0.15, 0.2) is 0 Å². The van der Waals surface area contributed by atoms with Crippen LogP contribution in [0.2, 0.25) is 0 Å². The Balaban J connectivity index is 1.55. The van der Waals surface area contributed by atoms with E-state index in [2.05, 4.69) is 48.7 Å². The highest BCUT2D eigenvalue weighted by atomic mass is 79.9. The average Bonchev–Trinajstić information content (AvgIpc) is 2.74. The number of nitrogens with one attached hydrogen (secondary N) is 2. The van der Waals surface area contributed by atoms with Gasteiger partial charge in [0, 0.05) is 22.0 Å². The van der Waals surface area contributed by atoms with Crippen molar-refractivity contribution in [3.63, 3.8) is 0 Å². The second-order valence-corrected chi connectivity index (χ2v) is 8.59. The summed E-state index contributed by atoms with van der Waals surface area (Å²) in [6, 6.07) is 14.9. The smallest absolute Gasteiger partial charge is 0.340 e. The van der Waals surface area contributed by atoms with E-state index in [9.17, 15) is 13.2 Å². The first kappa shape index (κ1) is 21.6. The van der Waals surface area contributed by atoms with Gasteiger partial charge < -0.3 is 10.6 Å². The van der Waals surface area contributed by atoms with Gasteiger partial charge in [0.05, 0.1) is 0 Å². The van der Waals surface area contributed by atoms with Crippen molar-refractivity contribution >= 4 is 39.1 Å². The van der Waals surface area contributed by atoms with Gasteiger partial charge in [0.2, 0.25) is 5.95 Å². The molecule has 1 saturated carbocycles. The molecule has 0 atom stereocenters. The highest BCUT2D eigenvalue weighted by Gasteiger charge is 2.35. The molecule has 1 aliphatic rings. The second kappa shape index (κ2) is 9.26. The fourth-order valence-electron chi connectivity index (χ4n) is 3.85. The normalized spacial score (nSPS) is 15.0. The Bertz CT molecular complexity index is 1030. The number of halogens is 4. The van der Waals surface area contributed by atoms with Gasteiger partial charge in [-0.05, 0) is 54.7 Å². The number of hydrogen-bond donors (Lipinski definition) is 2. The summed E-state index contributed by atoms with van der Waals surface area (Å²) in [7, 11) is 0. The molecule has 162 valence electrons. The molecule has 0 saturated heterocycles. The monoisotopic (exact) mass is 490 g/mol. The van der Waals surface area contributed by atoms with E-state index in [0.29, 0.717) is 11.6 Å². The van der Waals surface area contributed by atoms with E-state index in [0.717, 1.165) is 16.4 Å². The van der Waals surface area contributed by atoms with Crippen LogP contribution in [0.15, 0.2) is 59.2 Å². The lowest BCUT2D eigenvalue weighted by Crippen LogP contribution is -2.12. The minimum absolute atomic E-state index is 0.0934. The SMILES string of the molecule is FC(F)(F)c1cnc(Nc2ccc(C3CCCCC3)cc2)nc1Nc1cccc(Br)c1. The zero-order valence-electron chi connectivity index (χ0n) is 16.7. The molecule has 2 N–H and O–H groups in total. The summed E-state index contributed by atoms with van der Waals surface area (Å²) < 4.78 is 41.1. The van der Waals surface area contributed by atoms with Gasteiger partial charge in [-0.2, -0.15) is 18.2 Å². The number of alkyl halides is 3. The van der Waals surface area contributed by atoms with Crippen molar-refractivity contribution in [1.82, 2.24) is 9.97 Å². The summed E-state index contributed by atoms with van der Waals surface area (Å²) >= 11 is 3.32. The van der Waals surface area contributed by atoms with Crippen LogP contribution in [0.25, 0.3) is 0 Å². The van der Waals surface area contributed by atoms with Crippen LogP contribution in [0.1, 0.15) is 49.1 Å². The topological polar surface area (TPSA) is 49.8 Å². The number of hydrogen-bond acceptors (Lipinski definition) is 4. The Kier molecular flexibility index (Phi) is 6.46. The minimum atomic E-state index is -4.57. The van der Waals surface area contributed by atoms with Gasteiger partial charge in [0.25, 0.3) is 0 Å². The van der Waals surface area contributed by atoms with Gasteiger partial charge in [-0.1, -0.05) is 53.4 Å². The van der Waals surface area contributed by atoms with Crippen LogP contribution in [-0.4, -0.2) is 9.97 Å². The lowest BCUT2D eigenvalue weighted by Gasteiger charge is -2.22. The molecular weight excluding hydrogens is 469 g/mol. The number of rotatable bonds is 5. The van der Waals surface area contributed by atoms with E-state index in [4.69, 9.17) is 0 Å². The Morgan fingerprint density at radius 3 is 2.32 bits per heavy atom. The highest BCUT2D eigenvalue weighted by molar-refractivity contribution is 9.10. The lowest BCUT2D eigenvalue weighted by atomic mass is 9.84. The predicted octanol–water partition coefficient (Wildman–Crippen LogP) is 7.79. The van der Waals surface area contributed by atoms with Gasteiger partial charge >= 0.3 is 6.18 Å². The predicted molar refractivity (Wildman–Crippen MR) is 120 cm³/mol. The van der Waals surface area contributed by atoms with Crippen LogP contribution in [0.5, 0.6) is 0 Å². The summed E-state index contributed by atoms with van der Waals surface area (Å²) in [6.45, 7) is 0. The third-order valence-electron chi connectivity index (χ3n) is 5.42. The number of benzene rings is 2. The maximum absolute atomic E-state index is 13.5. The molecule has 0 aliphatic heterocycles. The van der Waals surface area contributed by atoms with E-state index >= 15 is 0 Å². The van der Waals surface area contributed by atoms with Crippen LogP contribution < -0.4 is 10.6 Å². The molecule has 3 aromatic rings. The molecule has 4 nitrogen and oxygen atoms in total. The van der Waals surface area contributed by atoms with Gasteiger partial charge in [0.1, 0.15) is 11.4 Å². The quantitative estimate of drug-likeness (QED) is 0.383. The number of aromatic nitrogens is 2. The van der Waals surface area contributed by atoms with Crippen LogP contribution in [-0.2, 0) is 6.18 Å². The van der Waals surface area contributed by atoms with Crippen molar-refractivity contribution in [2.24, 2.45) is 0 Å². The molecule has 0 unspecified atom stereocenters. The maximum Gasteiger partial charge on any atom is 0.421 e. The Morgan fingerprint density at radius 1 is 0.903 bits per heavy atom. The van der Waals surface area contributed by atoms with E-state index in [1.54, 1.807) is 24.3 Å². The molecule has 1 aliphatic carbocycles. The number of nitrogens with zero attached hydrogens (tertiary/aromatic N) is 2. The van der Waals surface area contributed by atoms with Gasteiger partial charge in [-0.25, -0.2) is 4.98 Å². The van der Waals surface area contributed by atoms with Crippen molar-refractivity contribution in [3.05, 3.63) is 70.3 Å². The van der Waals surface area contributed by atoms with Crippen LogP contribution >= 0.6 is 15.9 Å². The van der Waals surface area contributed by atoms with Crippen molar-refractivity contribution < 1.29 is 13.2 Å². The average molecular weight is 491 g/mol. The van der Waals surface area contributed by atoms with Crippen molar-refractivity contribution in [2.45, 2.75) is 44.2 Å². The van der Waals surface area contributed by atoms with Crippen molar-refractivity contribution in [1.29, 1.82) is 0 Å². The zero-order chi connectivity index (χ0) is 21.8. The molecule has 8 heteroatoms. The first-order valence-electron chi connectivity index (χ1n) is 10.2. The standard InChI is InChI=1S/C23H22BrF3N4/c24-17-7-4-8-19(13-17)29-21-20(23(25,26)27)14-28-22(31-21)30-18-11-9-16(10-12-18)15-5-2-1-3-6-15/h4,7-15H,1-3,5-6H2,(H2,28,29,30,31). The summed E-state index contributed by atoms with van der Waals surface area (Å²) in [5, 5.41) is 5.77. The third kappa shape index (κ3) is 5.55. The molecular formula is C23H22BrF3N4. The first-order chi connectivity index (χ1) is 14.9. The molecule has 1 fully saturated rings. The molecule has 31 heavy (non-hydrogen) atoms. The lowest BCUT2D eigenvalue weighted by molar-refractivity contribution is -0.137. The van der Waals surface area contributed by atoms with Crippen molar-refractivity contribution in [3.8, 4) is 0 Å². The Hall–Kier alpha value is -2.61. The molecule has 0 spiro atoms. The molecule has 0 amide bonds. The van der Waals surface area contributed by atoms with Crippen molar-refractivity contribution in [2.75, 3.05) is 10.6 Å². The maximum atomic E-state index is 13.5.